The lowest BCUT2D eigenvalue weighted by Crippen LogP contribution is -2.23. The van der Waals surface area contributed by atoms with Crippen LogP contribution in [0.1, 0.15) is 21.5 Å². The predicted octanol–water partition coefficient (Wildman–Crippen LogP) is 2.35. The average Bonchev–Trinajstić information content (AvgIpc) is 2.46. The van der Waals surface area contributed by atoms with Crippen LogP contribution < -0.4 is 11.1 Å². The highest BCUT2D eigenvalue weighted by Gasteiger charge is 2.08. The maximum Gasteiger partial charge on any atom is 0.253 e. The van der Waals surface area contributed by atoms with Crippen LogP contribution in [0.2, 0.25) is 0 Å². The second-order valence-corrected chi connectivity index (χ2v) is 4.52. The summed E-state index contributed by atoms with van der Waals surface area (Å²) in [6.45, 7) is 1.03. The van der Waals surface area contributed by atoms with Gasteiger partial charge in [-0.25, -0.2) is 0 Å². The number of nitrogen functional groups attached to an aromatic ring is 1. The molecule has 0 radical (unpaired) electrons. The van der Waals surface area contributed by atoms with E-state index < -0.39 is 0 Å². The molecule has 0 saturated heterocycles. The number of para-hydroxylation sites is 1. The van der Waals surface area contributed by atoms with Gasteiger partial charge in [0.2, 0.25) is 0 Å². The fourth-order valence-electron chi connectivity index (χ4n) is 1.98. The number of amides is 1. The highest BCUT2D eigenvalue weighted by atomic mass is 16.5. The van der Waals surface area contributed by atoms with Crippen molar-refractivity contribution in [2.45, 2.75) is 13.2 Å². The van der Waals surface area contributed by atoms with Crippen LogP contribution in [0.4, 0.5) is 5.69 Å². The van der Waals surface area contributed by atoms with Gasteiger partial charge in [-0.2, -0.15) is 0 Å². The van der Waals surface area contributed by atoms with Crippen LogP contribution in [0.15, 0.2) is 48.5 Å². The molecule has 2 aromatic carbocycles. The van der Waals surface area contributed by atoms with E-state index in [-0.39, 0.29) is 5.91 Å². The number of hydrogen-bond acceptors (Lipinski definition) is 3. The number of hydrogen-bond donors (Lipinski definition) is 2. The Kier molecular flexibility index (Phi) is 4.74. The summed E-state index contributed by atoms with van der Waals surface area (Å²) < 4.78 is 5.09. The quantitative estimate of drug-likeness (QED) is 0.820. The number of benzene rings is 2. The molecule has 20 heavy (non-hydrogen) atoms. The van der Waals surface area contributed by atoms with Crippen LogP contribution in [-0.4, -0.2) is 13.0 Å². The second kappa shape index (κ2) is 6.73. The SMILES string of the molecule is COCc1cccc(CNC(=O)c2ccccc2N)c1. The Morgan fingerprint density at radius 1 is 1.15 bits per heavy atom. The minimum absolute atomic E-state index is 0.166. The molecule has 104 valence electrons. The molecule has 0 aliphatic heterocycles. The van der Waals surface area contributed by atoms with Crippen LogP contribution in [0, 0.1) is 0 Å². The number of anilines is 1. The van der Waals surface area contributed by atoms with Gasteiger partial charge in [0.25, 0.3) is 5.91 Å². The van der Waals surface area contributed by atoms with Gasteiger partial charge in [0.1, 0.15) is 0 Å². The minimum Gasteiger partial charge on any atom is -0.398 e. The minimum atomic E-state index is -0.166. The summed E-state index contributed by atoms with van der Waals surface area (Å²) in [7, 11) is 1.66. The van der Waals surface area contributed by atoms with Crippen molar-refractivity contribution >= 4 is 11.6 Å². The number of carbonyl (C=O) groups is 1. The van der Waals surface area contributed by atoms with E-state index >= 15 is 0 Å². The molecule has 2 aromatic rings. The smallest absolute Gasteiger partial charge is 0.253 e. The molecule has 3 N–H and O–H groups in total. The summed E-state index contributed by atoms with van der Waals surface area (Å²) in [5.74, 6) is -0.166. The Hall–Kier alpha value is -2.33. The van der Waals surface area contributed by atoms with E-state index in [0.29, 0.717) is 24.4 Å². The lowest BCUT2D eigenvalue weighted by molar-refractivity contribution is 0.0952. The molecule has 0 aliphatic rings. The maximum atomic E-state index is 12.0. The monoisotopic (exact) mass is 270 g/mol. The summed E-state index contributed by atoms with van der Waals surface area (Å²) in [6.07, 6.45) is 0. The number of rotatable bonds is 5. The number of nitrogens with two attached hydrogens (primary N) is 1. The van der Waals surface area contributed by atoms with E-state index in [2.05, 4.69) is 5.32 Å². The molecule has 0 saturated carbocycles. The summed E-state index contributed by atoms with van der Waals surface area (Å²) in [6, 6.07) is 15.0. The number of ether oxygens (including phenoxy) is 1. The number of methoxy groups -OCH3 is 1. The molecule has 0 aliphatic carbocycles. The van der Waals surface area contributed by atoms with Gasteiger partial charge in [0, 0.05) is 19.3 Å². The van der Waals surface area contributed by atoms with E-state index in [0.717, 1.165) is 11.1 Å². The largest absolute Gasteiger partial charge is 0.398 e. The molecule has 0 unspecified atom stereocenters. The fraction of sp³-hybridized carbons (Fsp3) is 0.188. The Balaban J connectivity index is 2.00. The molecule has 4 nitrogen and oxygen atoms in total. The summed E-state index contributed by atoms with van der Waals surface area (Å²) in [4.78, 5) is 12.0. The fourth-order valence-corrected chi connectivity index (χ4v) is 1.98. The summed E-state index contributed by atoms with van der Waals surface area (Å²) in [5.41, 5.74) is 8.87. The van der Waals surface area contributed by atoms with Crippen LogP contribution in [0.3, 0.4) is 0 Å². The van der Waals surface area contributed by atoms with Gasteiger partial charge in [-0.3, -0.25) is 4.79 Å². The number of carbonyl (C=O) groups excluding carboxylic acids is 1. The summed E-state index contributed by atoms with van der Waals surface area (Å²) in [5, 5.41) is 2.87. The highest BCUT2D eigenvalue weighted by molar-refractivity contribution is 5.98. The zero-order chi connectivity index (χ0) is 14.4. The molecule has 4 heteroatoms. The molecular formula is C16H18N2O2. The Labute approximate surface area is 118 Å². The van der Waals surface area contributed by atoms with Crippen molar-refractivity contribution in [3.8, 4) is 0 Å². The molecule has 0 fully saturated rings. The number of nitrogens with one attached hydrogen (secondary N) is 1. The first-order chi connectivity index (χ1) is 9.70. The maximum absolute atomic E-state index is 12.0. The van der Waals surface area contributed by atoms with Crippen LogP contribution >= 0.6 is 0 Å². The van der Waals surface area contributed by atoms with E-state index in [1.165, 1.54) is 0 Å². The molecule has 0 atom stereocenters. The second-order valence-electron chi connectivity index (χ2n) is 4.52. The van der Waals surface area contributed by atoms with Gasteiger partial charge in [0.15, 0.2) is 0 Å². The third kappa shape index (κ3) is 3.59. The van der Waals surface area contributed by atoms with Crippen LogP contribution in [-0.2, 0) is 17.9 Å². The average molecular weight is 270 g/mol. The van der Waals surface area contributed by atoms with E-state index in [1.54, 1.807) is 31.4 Å². The lowest BCUT2D eigenvalue weighted by atomic mass is 10.1. The van der Waals surface area contributed by atoms with Crippen molar-refractivity contribution < 1.29 is 9.53 Å². The van der Waals surface area contributed by atoms with Gasteiger partial charge in [-0.1, -0.05) is 36.4 Å². The normalized spacial score (nSPS) is 10.2. The third-order valence-corrected chi connectivity index (χ3v) is 2.96. The molecule has 0 aromatic heterocycles. The molecule has 0 bridgehead atoms. The van der Waals surface area contributed by atoms with Gasteiger partial charge in [-0.15, -0.1) is 0 Å². The van der Waals surface area contributed by atoms with Crippen LogP contribution in [0.5, 0.6) is 0 Å². The summed E-state index contributed by atoms with van der Waals surface area (Å²) >= 11 is 0. The van der Waals surface area contributed by atoms with Crippen molar-refractivity contribution in [2.24, 2.45) is 0 Å². The van der Waals surface area contributed by atoms with Gasteiger partial charge < -0.3 is 15.8 Å². The molecule has 1 amide bonds. The van der Waals surface area contributed by atoms with E-state index in [1.807, 2.05) is 24.3 Å². The van der Waals surface area contributed by atoms with Crippen LogP contribution in [0.25, 0.3) is 0 Å². The molecule has 0 heterocycles. The topological polar surface area (TPSA) is 64.3 Å². The first kappa shape index (κ1) is 14.1. The Bertz CT molecular complexity index is 597. The van der Waals surface area contributed by atoms with Crippen molar-refractivity contribution in [3.05, 3.63) is 65.2 Å². The van der Waals surface area contributed by atoms with Crippen molar-refractivity contribution in [3.63, 3.8) is 0 Å². The van der Waals surface area contributed by atoms with Gasteiger partial charge >= 0.3 is 0 Å². The zero-order valence-electron chi connectivity index (χ0n) is 11.4. The van der Waals surface area contributed by atoms with Crippen molar-refractivity contribution in [1.82, 2.24) is 5.32 Å². The Morgan fingerprint density at radius 2 is 1.90 bits per heavy atom. The Morgan fingerprint density at radius 3 is 2.65 bits per heavy atom. The van der Waals surface area contributed by atoms with Gasteiger partial charge in [0.05, 0.1) is 12.2 Å². The molecular weight excluding hydrogens is 252 g/mol. The lowest BCUT2D eigenvalue weighted by Gasteiger charge is -2.08. The highest BCUT2D eigenvalue weighted by Crippen LogP contribution is 2.11. The molecule has 0 spiro atoms. The van der Waals surface area contributed by atoms with E-state index in [4.69, 9.17) is 10.5 Å². The zero-order valence-corrected chi connectivity index (χ0v) is 11.4. The first-order valence-corrected chi connectivity index (χ1v) is 6.40. The van der Waals surface area contributed by atoms with Crippen molar-refractivity contribution in [1.29, 1.82) is 0 Å². The molecule has 2 rings (SSSR count). The standard InChI is InChI=1S/C16H18N2O2/c1-20-11-13-6-4-5-12(9-13)10-18-16(19)14-7-2-3-8-15(14)17/h2-9H,10-11,17H2,1H3,(H,18,19). The predicted molar refractivity (Wildman–Crippen MR) is 79.2 cm³/mol. The third-order valence-electron chi connectivity index (χ3n) is 2.96. The van der Waals surface area contributed by atoms with Gasteiger partial charge in [-0.05, 0) is 23.3 Å². The van der Waals surface area contributed by atoms with Crippen molar-refractivity contribution in [2.75, 3.05) is 12.8 Å². The first-order valence-electron chi connectivity index (χ1n) is 6.40. The van der Waals surface area contributed by atoms with E-state index in [9.17, 15) is 4.79 Å².